The summed E-state index contributed by atoms with van der Waals surface area (Å²) in [6.07, 6.45) is -0.534. The number of likely N-dealkylation sites (tertiary alicyclic amines) is 1. The molecular formula is C60H62BrN3O9SSi. The molecule has 1 fully saturated rings. The molecule has 1 saturated heterocycles. The highest BCUT2D eigenvalue weighted by atomic mass is 79.9. The normalized spacial score (nSPS) is 16.6. The number of esters is 1. The van der Waals surface area contributed by atoms with E-state index in [-0.39, 0.29) is 31.2 Å². The van der Waals surface area contributed by atoms with Gasteiger partial charge in [-0.15, -0.1) is 0 Å². The summed E-state index contributed by atoms with van der Waals surface area (Å²) in [4.78, 5) is 40.2. The molecule has 7 aromatic carbocycles. The van der Waals surface area contributed by atoms with Crippen molar-refractivity contribution in [1.29, 1.82) is 0 Å². The summed E-state index contributed by atoms with van der Waals surface area (Å²) in [6.45, 7) is 9.04. The van der Waals surface area contributed by atoms with Crippen molar-refractivity contribution in [3.63, 3.8) is 0 Å². The van der Waals surface area contributed by atoms with Gasteiger partial charge in [0, 0.05) is 62.0 Å². The molecule has 0 saturated carbocycles. The lowest BCUT2D eigenvalue weighted by atomic mass is 9.74. The first kappa shape index (κ1) is 54.7. The summed E-state index contributed by atoms with van der Waals surface area (Å²) < 4.78 is 52.2. The molecule has 1 aliphatic heterocycles. The zero-order valence-corrected chi connectivity index (χ0v) is 46.1. The molecule has 0 unspecified atom stereocenters. The molecule has 388 valence electrons. The number of halogens is 1. The van der Waals surface area contributed by atoms with Crippen LogP contribution in [-0.2, 0) is 39.1 Å². The second kappa shape index (κ2) is 23.5. The smallest absolute Gasteiger partial charge is 0.302 e. The Morgan fingerprint density at radius 1 is 0.693 bits per heavy atom. The average Bonchev–Trinajstić information content (AvgIpc) is 3.42. The van der Waals surface area contributed by atoms with E-state index < -0.39 is 82.0 Å². The van der Waals surface area contributed by atoms with Gasteiger partial charge in [0.05, 0.1) is 18.1 Å². The minimum atomic E-state index is -4.81. The molecule has 12 nitrogen and oxygen atoms in total. The van der Waals surface area contributed by atoms with Crippen LogP contribution in [0.15, 0.2) is 210 Å². The number of nitrogens with zero attached hydrogens (tertiary/aromatic N) is 3. The molecule has 1 amide bonds. The third-order valence-corrected chi connectivity index (χ3v) is 21.7. The zero-order chi connectivity index (χ0) is 53.4. The molecule has 1 aliphatic rings. The van der Waals surface area contributed by atoms with E-state index in [9.17, 15) is 28.1 Å². The third-order valence-electron chi connectivity index (χ3n) is 14.2. The zero-order valence-electron chi connectivity index (χ0n) is 42.7. The molecule has 0 aliphatic carbocycles. The van der Waals surface area contributed by atoms with Crippen LogP contribution >= 0.6 is 15.9 Å². The van der Waals surface area contributed by atoms with E-state index in [2.05, 4.69) is 65.9 Å². The fourth-order valence-corrected chi connectivity index (χ4v) is 17.3. The number of nitro benzene ring substituents is 1. The van der Waals surface area contributed by atoms with Crippen LogP contribution in [0.2, 0.25) is 5.04 Å². The third kappa shape index (κ3) is 11.5. The van der Waals surface area contributed by atoms with Gasteiger partial charge in [-0.25, -0.2) is 12.7 Å². The number of para-hydroxylation sites is 1. The minimum absolute atomic E-state index is 0.0677. The first-order chi connectivity index (χ1) is 36.0. The summed E-state index contributed by atoms with van der Waals surface area (Å²) in [6, 6.07) is 61.9. The van der Waals surface area contributed by atoms with Gasteiger partial charge < -0.3 is 13.9 Å². The van der Waals surface area contributed by atoms with Crippen LogP contribution in [0.25, 0.3) is 0 Å². The first-order valence-corrected chi connectivity index (χ1v) is 29.1. The summed E-state index contributed by atoms with van der Waals surface area (Å²) in [5, 5.41) is 14.1. The summed E-state index contributed by atoms with van der Waals surface area (Å²) >= 11 is 3.60. The Bertz CT molecular complexity index is 3020. The van der Waals surface area contributed by atoms with Gasteiger partial charge in [0.25, 0.3) is 24.0 Å². The van der Waals surface area contributed by atoms with E-state index >= 15 is 0 Å². The number of sulfonamides is 1. The molecule has 1 heterocycles. The lowest BCUT2D eigenvalue weighted by Gasteiger charge is -2.57. The average molecular weight is 1110 g/mol. The Kier molecular flexibility index (Phi) is 17.1. The monoisotopic (exact) mass is 1110 g/mol. The quantitative estimate of drug-likeness (QED) is 0.0224. The number of hydrogen-bond acceptors (Lipinski definition) is 10. The van der Waals surface area contributed by atoms with Crippen molar-refractivity contribution in [2.45, 2.75) is 80.7 Å². The number of hydrogen-bond donors (Lipinski definition) is 0. The highest BCUT2D eigenvalue weighted by Crippen LogP contribution is 2.47. The van der Waals surface area contributed by atoms with Crippen LogP contribution < -0.4 is 10.4 Å². The molecule has 8 rings (SSSR count). The fourth-order valence-electron chi connectivity index (χ4n) is 10.9. The summed E-state index contributed by atoms with van der Waals surface area (Å²) in [7, 11) is -7.86. The van der Waals surface area contributed by atoms with E-state index in [1.807, 2.05) is 152 Å². The lowest BCUT2D eigenvalue weighted by molar-refractivity contribution is -0.387. The van der Waals surface area contributed by atoms with Crippen LogP contribution in [0, 0.1) is 10.1 Å². The number of amides is 1. The molecule has 4 atom stereocenters. The second-order valence-corrected chi connectivity index (χ2v) is 26.9. The molecule has 15 heteroatoms. The molecular weight excluding hydrogens is 1050 g/mol. The fraction of sp³-hybridized carbons (Fsp3) is 0.267. The van der Waals surface area contributed by atoms with E-state index in [1.54, 1.807) is 0 Å². The van der Waals surface area contributed by atoms with E-state index in [0.717, 1.165) is 60.5 Å². The van der Waals surface area contributed by atoms with Crippen LogP contribution in [0.3, 0.4) is 0 Å². The predicted molar refractivity (Wildman–Crippen MR) is 298 cm³/mol. The number of nitro groups is 1. The van der Waals surface area contributed by atoms with Crippen molar-refractivity contribution in [3.05, 3.63) is 237 Å². The maximum absolute atomic E-state index is 14.8. The number of ether oxygens (including phenoxy) is 2. The number of carbonyl (C=O) groups excluding carboxylic acids is 2. The SMILES string of the molecule is CC(=O)O[C@@H](CCO[Si](c1ccccc1)(c1ccccc1)C(C)(C)C)CN1[C@H](COC(c2ccccc2)(c2ccccc2)c2ccccc2)[C@H](c2ccc(Br)cc2)[C@@H]1CN(C(C)=O)S(=O)(=O)c1ccccc1[N+](=O)[O-]. The highest BCUT2D eigenvalue weighted by Gasteiger charge is 2.54. The Hall–Kier alpha value is -6.59. The first-order valence-electron chi connectivity index (χ1n) is 25.0. The van der Waals surface area contributed by atoms with Gasteiger partial charge in [-0.05, 0) is 55.9 Å². The summed E-state index contributed by atoms with van der Waals surface area (Å²) in [5.41, 5.74) is 1.66. The molecule has 0 N–H and O–H groups in total. The molecule has 0 spiro atoms. The maximum Gasteiger partial charge on any atom is 0.302 e. The van der Waals surface area contributed by atoms with Gasteiger partial charge in [-0.2, -0.15) is 0 Å². The molecule has 0 aromatic heterocycles. The molecule has 0 bridgehead atoms. The number of carbonyl (C=O) groups is 2. The molecule has 0 radical (unpaired) electrons. The van der Waals surface area contributed by atoms with Crippen molar-refractivity contribution >= 4 is 62.2 Å². The Morgan fingerprint density at radius 2 is 1.16 bits per heavy atom. The standard InChI is InChI=1S/C60H62BrN3O9SSi/c1-44(65)63(74(69,70)57-34-22-21-33-54(57)64(67)68)42-55-58(46-35-37-50(61)38-36-46)56(43-71-60(47-23-11-6-12-24-47,48-25-13-7-14-26-48)49-27-15-8-16-28-49)62(55)41-51(73-45(2)66)39-40-72-75(59(3,4)5,52-29-17-9-18-30-52)53-31-19-10-20-32-53/h6-38,51,55-56,58H,39-43H2,1-5H3/t51-,55-,56+,58+/m0/s1. The molecule has 75 heavy (non-hydrogen) atoms. The highest BCUT2D eigenvalue weighted by molar-refractivity contribution is 9.10. The number of benzene rings is 7. The van der Waals surface area contributed by atoms with Crippen molar-refractivity contribution in [1.82, 2.24) is 9.21 Å². The lowest BCUT2D eigenvalue weighted by Crippen LogP contribution is -2.69. The summed E-state index contributed by atoms with van der Waals surface area (Å²) in [5.74, 6) is -1.83. The maximum atomic E-state index is 14.8. The second-order valence-electron chi connectivity index (χ2n) is 19.8. The van der Waals surface area contributed by atoms with Crippen molar-refractivity contribution < 1.29 is 36.8 Å². The van der Waals surface area contributed by atoms with Gasteiger partial charge in [0.2, 0.25) is 5.91 Å². The van der Waals surface area contributed by atoms with E-state index in [0.29, 0.717) is 0 Å². The molecule has 7 aromatic rings. The predicted octanol–water partition coefficient (Wildman–Crippen LogP) is 10.6. The Labute approximate surface area is 449 Å². The van der Waals surface area contributed by atoms with Gasteiger partial charge in [0.1, 0.15) is 11.7 Å². The van der Waals surface area contributed by atoms with Crippen molar-refractivity contribution in [2.24, 2.45) is 0 Å². The van der Waals surface area contributed by atoms with Gasteiger partial charge in [-0.3, -0.25) is 24.6 Å². The van der Waals surface area contributed by atoms with Crippen LogP contribution in [-0.4, -0.2) is 87.2 Å². The Balaban J connectivity index is 1.25. The van der Waals surface area contributed by atoms with Crippen molar-refractivity contribution in [2.75, 3.05) is 26.3 Å². The van der Waals surface area contributed by atoms with E-state index in [4.69, 9.17) is 13.9 Å². The minimum Gasteiger partial charge on any atom is -0.461 e. The Morgan fingerprint density at radius 3 is 1.61 bits per heavy atom. The van der Waals surface area contributed by atoms with Gasteiger partial charge in [-0.1, -0.05) is 213 Å². The van der Waals surface area contributed by atoms with Gasteiger partial charge >= 0.3 is 5.97 Å². The van der Waals surface area contributed by atoms with Crippen molar-refractivity contribution in [3.8, 4) is 0 Å². The van der Waals surface area contributed by atoms with E-state index in [1.165, 1.54) is 19.1 Å². The topological polar surface area (TPSA) is 146 Å². The van der Waals surface area contributed by atoms with Crippen LogP contribution in [0.4, 0.5) is 5.69 Å². The number of rotatable bonds is 21. The van der Waals surface area contributed by atoms with Crippen LogP contribution in [0.5, 0.6) is 0 Å². The van der Waals surface area contributed by atoms with Crippen LogP contribution in [0.1, 0.15) is 69.2 Å². The van der Waals surface area contributed by atoms with Gasteiger partial charge in [0.15, 0.2) is 4.90 Å². The largest absolute Gasteiger partial charge is 0.461 e.